The van der Waals surface area contributed by atoms with Gasteiger partial charge < -0.3 is 5.32 Å². The highest BCUT2D eigenvalue weighted by molar-refractivity contribution is 7.18. The van der Waals surface area contributed by atoms with Gasteiger partial charge in [0.25, 0.3) is 11.8 Å². The highest BCUT2D eigenvalue weighted by Crippen LogP contribution is 2.22. The molecule has 3 aromatic rings. The monoisotopic (exact) mass is 431 g/mol. The molecule has 8 heteroatoms. The minimum absolute atomic E-state index is 0.220. The van der Waals surface area contributed by atoms with E-state index in [1.54, 1.807) is 67.6 Å². The standard InChI is InChI=1S/C20H15Cl2N3O2S/c1-12(24-25-19(26)15-4-2-3-5-16(15)21)13-6-8-14(9-7-13)23-20(27)17-10-11-18(22)28-17/h2-11H,1H3,(H,23,27)(H,25,26). The summed E-state index contributed by atoms with van der Waals surface area (Å²) >= 11 is 13.1. The van der Waals surface area contributed by atoms with E-state index in [2.05, 4.69) is 15.8 Å². The molecule has 0 radical (unpaired) electrons. The minimum atomic E-state index is -0.386. The number of nitrogens with one attached hydrogen (secondary N) is 2. The van der Waals surface area contributed by atoms with Crippen molar-refractivity contribution in [1.29, 1.82) is 0 Å². The lowest BCUT2D eigenvalue weighted by atomic mass is 10.1. The van der Waals surface area contributed by atoms with Gasteiger partial charge in [-0.05, 0) is 48.9 Å². The van der Waals surface area contributed by atoms with Gasteiger partial charge in [-0.25, -0.2) is 5.43 Å². The fraction of sp³-hybridized carbons (Fsp3) is 0.0500. The SMILES string of the molecule is CC(=NNC(=O)c1ccccc1Cl)c1ccc(NC(=O)c2ccc(Cl)s2)cc1. The average Bonchev–Trinajstić information content (AvgIpc) is 3.13. The van der Waals surface area contributed by atoms with Gasteiger partial charge in [0.2, 0.25) is 0 Å². The summed E-state index contributed by atoms with van der Waals surface area (Å²) in [6.45, 7) is 1.77. The molecule has 0 aliphatic carbocycles. The molecular weight excluding hydrogens is 417 g/mol. The highest BCUT2D eigenvalue weighted by atomic mass is 35.5. The first kappa shape index (κ1) is 20.1. The number of thiophene rings is 1. The van der Waals surface area contributed by atoms with E-state index in [4.69, 9.17) is 23.2 Å². The smallest absolute Gasteiger partial charge is 0.272 e. The first-order valence-electron chi connectivity index (χ1n) is 8.20. The third-order valence-corrected chi connectivity index (χ3v) is 5.36. The molecule has 2 N–H and O–H groups in total. The average molecular weight is 432 g/mol. The van der Waals surface area contributed by atoms with Crippen LogP contribution in [0.4, 0.5) is 5.69 Å². The van der Waals surface area contributed by atoms with E-state index >= 15 is 0 Å². The largest absolute Gasteiger partial charge is 0.321 e. The van der Waals surface area contributed by atoms with Gasteiger partial charge in [0.1, 0.15) is 0 Å². The van der Waals surface area contributed by atoms with Gasteiger partial charge >= 0.3 is 0 Å². The Morgan fingerprint density at radius 2 is 1.64 bits per heavy atom. The van der Waals surface area contributed by atoms with Crippen LogP contribution >= 0.6 is 34.5 Å². The molecule has 0 aliphatic rings. The number of hydrogen-bond donors (Lipinski definition) is 2. The van der Waals surface area contributed by atoms with Crippen LogP contribution in [0.25, 0.3) is 0 Å². The van der Waals surface area contributed by atoms with Gasteiger partial charge in [-0.1, -0.05) is 47.5 Å². The van der Waals surface area contributed by atoms with Gasteiger partial charge in [-0.15, -0.1) is 11.3 Å². The molecule has 28 heavy (non-hydrogen) atoms. The summed E-state index contributed by atoms with van der Waals surface area (Å²) in [7, 11) is 0. The van der Waals surface area contributed by atoms with Crippen molar-refractivity contribution >= 4 is 57.8 Å². The van der Waals surface area contributed by atoms with Crippen LogP contribution in [-0.4, -0.2) is 17.5 Å². The zero-order valence-corrected chi connectivity index (χ0v) is 17.0. The Kier molecular flexibility index (Phi) is 6.46. The normalized spacial score (nSPS) is 11.2. The molecule has 0 fully saturated rings. The first-order valence-corrected chi connectivity index (χ1v) is 9.77. The van der Waals surface area contributed by atoms with E-state index in [9.17, 15) is 9.59 Å². The summed E-state index contributed by atoms with van der Waals surface area (Å²) < 4.78 is 0.561. The Bertz CT molecular complexity index is 1050. The Morgan fingerprint density at radius 3 is 2.29 bits per heavy atom. The van der Waals surface area contributed by atoms with Crippen molar-refractivity contribution in [1.82, 2.24) is 5.43 Å². The van der Waals surface area contributed by atoms with Crippen molar-refractivity contribution < 1.29 is 9.59 Å². The number of nitrogens with zero attached hydrogens (tertiary/aromatic N) is 1. The lowest BCUT2D eigenvalue weighted by molar-refractivity contribution is 0.0954. The van der Waals surface area contributed by atoms with Gasteiger partial charge in [-0.3, -0.25) is 9.59 Å². The van der Waals surface area contributed by atoms with E-state index in [-0.39, 0.29) is 11.8 Å². The van der Waals surface area contributed by atoms with E-state index in [0.717, 1.165) is 5.56 Å². The molecule has 1 aromatic heterocycles. The number of hydrogen-bond acceptors (Lipinski definition) is 4. The number of benzene rings is 2. The predicted octanol–water partition coefficient (Wildman–Crippen LogP) is 5.46. The third kappa shape index (κ3) is 4.98. The molecular formula is C20H15Cl2N3O2S. The van der Waals surface area contributed by atoms with Crippen molar-refractivity contribution in [2.24, 2.45) is 5.10 Å². The number of carbonyl (C=O) groups excluding carboxylic acids is 2. The second-order valence-corrected chi connectivity index (χ2v) is 7.88. The molecule has 5 nitrogen and oxygen atoms in total. The summed E-state index contributed by atoms with van der Waals surface area (Å²) in [5.41, 5.74) is 4.91. The highest BCUT2D eigenvalue weighted by Gasteiger charge is 2.10. The number of anilines is 1. The van der Waals surface area contributed by atoms with Crippen molar-refractivity contribution in [2.75, 3.05) is 5.32 Å². The summed E-state index contributed by atoms with van der Waals surface area (Å²) in [6.07, 6.45) is 0. The zero-order chi connectivity index (χ0) is 20.1. The topological polar surface area (TPSA) is 70.6 Å². The van der Waals surface area contributed by atoms with Crippen LogP contribution in [0.1, 0.15) is 32.5 Å². The molecule has 0 saturated carbocycles. The van der Waals surface area contributed by atoms with Crippen molar-refractivity contribution in [3.63, 3.8) is 0 Å². The molecule has 0 saturated heterocycles. The Morgan fingerprint density at radius 1 is 0.929 bits per heavy atom. The second kappa shape index (κ2) is 9.01. The predicted molar refractivity (Wildman–Crippen MR) is 115 cm³/mol. The fourth-order valence-corrected chi connectivity index (χ4v) is 3.49. The Labute approximate surface area is 176 Å². The van der Waals surface area contributed by atoms with E-state index in [0.29, 0.717) is 31.2 Å². The number of rotatable bonds is 5. The van der Waals surface area contributed by atoms with Crippen LogP contribution in [0.2, 0.25) is 9.36 Å². The molecule has 1 heterocycles. The fourth-order valence-electron chi connectivity index (χ4n) is 2.33. The van der Waals surface area contributed by atoms with Gasteiger partial charge in [0.15, 0.2) is 0 Å². The minimum Gasteiger partial charge on any atom is -0.321 e. The second-order valence-electron chi connectivity index (χ2n) is 5.75. The molecule has 0 unspecified atom stereocenters. The molecule has 0 spiro atoms. The Balaban J connectivity index is 1.64. The summed E-state index contributed by atoms with van der Waals surface area (Å²) in [4.78, 5) is 24.8. The third-order valence-electron chi connectivity index (χ3n) is 3.80. The molecule has 0 bridgehead atoms. The molecule has 2 amide bonds. The van der Waals surface area contributed by atoms with Crippen molar-refractivity contribution in [3.05, 3.63) is 86.0 Å². The number of halogens is 2. The maximum atomic E-state index is 12.2. The number of carbonyl (C=O) groups is 2. The maximum absolute atomic E-state index is 12.2. The van der Waals surface area contributed by atoms with E-state index < -0.39 is 0 Å². The van der Waals surface area contributed by atoms with Crippen LogP contribution in [0.3, 0.4) is 0 Å². The van der Waals surface area contributed by atoms with Crippen LogP contribution in [0.15, 0.2) is 65.8 Å². The molecule has 0 aliphatic heterocycles. The zero-order valence-electron chi connectivity index (χ0n) is 14.7. The van der Waals surface area contributed by atoms with Crippen molar-refractivity contribution in [2.45, 2.75) is 6.92 Å². The number of amides is 2. The van der Waals surface area contributed by atoms with Gasteiger partial charge in [0, 0.05) is 5.69 Å². The molecule has 2 aromatic carbocycles. The van der Waals surface area contributed by atoms with E-state index in [1.165, 1.54) is 11.3 Å². The molecule has 142 valence electrons. The quantitative estimate of drug-likeness (QED) is 0.415. The Hall–Kier alpha value is -2.67. The first-order chi connectivity index (χ1) is 13.4. The van der Waals surface area contributed by atoms with Gasteiger partial charge in [-0.2, -0.15) is 5.10 Å². The van der Waals surface area contributed by atoms with Crippen LogP contribution in [-0.2, 0) is 0 Å². The van der Waals surface area contributed by atoms with Gasteiger partial charge in [0.05, 0.1) is 25.5 Å². The summed E-state index contributed by atoms with van der Waals surface area (Å²) in [6, 6.07) is 17.2. The van der Waals surface area contributed by atoms with Crippen LogP contribution in [0, 0.1) is 0 Å². The maximum Gasteiger partial charge on any atom is 0.272 e. The summed E-state index contributed by atoms with van der Waals surface area (Å²) in [5.74, 6) is -0.606. The lowest BCUT2D eigenvalue weighted by Gasteiger charge is -2.07. The van der Waals surface area contributed by atoms with E-state index in [1.807, 2.05) is 0 Å². The molecule has 0 atom stereocenters. The number of hydrazone groups is 1. The summed E-state index contributed by atoms with van der Waals surface area (Å²) in [5, 5.41) is 7.28. The van der Waals surface area contributed by atoms with Crippen LogP contribution in [0.5, 0.6) is 0 Å². The lowest BCUT2D eigenvalue weighted by Crippen LogP contribution is -2.19. The van der Waals surface area contributed by atoms with Crippen molar-refractivity contribution in [3.8, 4) is 0 Å². The van der Waals surface area contributed by atoms with Crippen LogP contribution < -0.4 is 10.7 Å². The molecule has 3 rings (SSSR count).